The number of hydrogen-bond donors (Lipinski definition) is 2. The first kappa shape index (κ1) is 23.5. The zero-order chi connectivity index (χ0) is 23.4. The van der Waals surface area contributed by atoms with Crippen molar-refractivity contribution in [1.29, 1.82) is 0 Å². The summed E-state index contributed by atoms with van der Waals surface area (Å²) in [6.45, 7) is 10.1. The van der Waals surface area contributed by atoms with E-state index in [1.807, 2.05) is 12.1 Å². The van der Waals surface area contributed by atoms with Gasteiger partial charge in [0.2, 0.25) is 0 Å². The van der Waals surface area contributed by atoms with Crippen molar-refractivity contribution in [3.63, 3.8) is 0 Å². The molecule has 0 aliphatic heterocycles. The lowest BCUT2D eigenvalue weighted by Crippen LogP contribution is -2.34. The van der Waals surface area contributed by atoms with Crippen molar-refractivity contribution in [3.8, 4) is 0 Å². The maximum absolute atomic E-state index is 11.1. The molecular weight excluding hydrogens is 396 g/mol. The number of allylic oxidation sites excluding steroid dienone is 1. The van der Waals surface area contributed by atoms with Crippen LogP contribution in [0, 0.1) is 0 Å². The topological polar surface area (TPSA) is 75.7 Å². The molecule has 4 nitrogen and oxygen atoms in total. The molecule has 0 saturated carbocycles. The third-order valence-electron chi connectivity index (χ3n) is 6.54. The van der Waals surface area contributed by atoms with Gasteiger partial charge in [0.1, 0.15) is 0 Å². The zero-order valence-corrected chi connectivity index (χ0v) is 19.6. The van der Waals surface area contributed by atoms with Crippen LogP contribution in [0.3, 0.4) is 0 Å². The van der Waals surface area contributed by atoms with Gasteiger partial charge in [-0.1, -0.05) is 64.1 Å². The first-order chi connectivity index (χ1) is 15.1. The van der Waals surface area contributed by atoms with Crippen molar-refractivity contribution in [3.05, 3.63) is 82.1 Å². The van der Waals surface area contributed by atoms with E-state index in [4.69, 9.17) is 10.8 Å². The maximum Gasteiger partial charge on any atom is 0.335 e. The first-order valence-electron chi connectivity index (χ1n) is 11.2. The highest BCUT2D eigenvalue weighted by atomic mass is 16.4. The van der Waals surface area contributed by atoms with Crippen LogP contribution in [0.25, 0.3) is 12.2 Å². The number of carboxylic acids is 1. The SMILES string of the molecule is CC1(C)CCC(C)(C)c2cc(CCN=CC=CN)c(/C=C/c3ccc(C(=O)O)cc3)cc21. The normalized spacial score (nSPS) is 17.2. The third-order valence-corrected chi connectivity index (χ3v) is 6.54. The Kier molecular flexibility index (Phi) is 7.02. The Labute approximate surface area is 191 Å². The van der Waals surface area contributed by atoms with Crippen LogP contribution in [-0.4, -0.2) is 23.8 Å². The van der Waals surface area contributed by atoms with Crippen LogP contribution in [0.5, 0.6) is 0 Å². The predicted octanol–water partition coefficient (Wildman–Crippen LogP) is 5.99. The van der Waals surface area contributed by atoms with Gasteiger partial charge < -0.3 is 10.8 Å². The number of hydrogen-bond acceptors (Lipinski definition) is 3. The van der Waals surface area contributed by atoms with E-state index in [-0.39, 0.29) is 10.8 Å². The summed E-state index contributed by atoms with van der Waals surface area (Å²) < 4.78 is 0. The van der Waals surface area contributed by atoms with Crippen LogP contribution in [0.15, 0.2) is 53.7 Å². The lowest BCUT2D eigenvalue weighted by molar-refractivity contribution is 0.0697. The lowest BCUT2D eigenvalue weighted by Gasteiger charge is -2.42. The monoisotopic (exact) mass is 430 g/mol. The summed E-state index contributed by atoms with van der Waals surface area (Å²) in [5.74, 6) is -0.910. The van der Waals surface area contributed by atoms with Gasteiger partial charge in [0.25, 0.3) is 0 Å². The minimum atomic E-state index is -0.910. The fourth-order valence-electron chi connectivity index (χ4n) is 4.34. The van der Waals surface area contributed by atoms with Crippen molar-refractivity contribution >= 4 is 24.3 Å². The van der Waals surface area contributed by atoms with E-state index in [0.29, 0.717) is 12.1 Å². The molecule has 32 heavy (non-hydrogen) atoms. The van der Waals surface area contributed by atoms with Crippen LogP contribution < -0.4 is 5.73 Å². The van der Waals surface area contributed by atoms with Crippen LogP contribution in [0.1, 0.15) is 78.7 Å². The number of aliphatic imine (C=N–C) groups is 1. The summed E-state index contributed by atoms with van der Waals surface area (Å²) in [4.78, 5) is 15.6. The van der Waals surface area contributed by atoms with E-state index in [9.17, 15) is 4.79 Å². The van der Waals surface area contributed by atoms with Gasteiger partial charge in [-0.25, -0.2) is 4.79 Å². The fourth-order valence-corrected chi connectivity index (χ4v) is 4.34. The van der Waals surface area contributed by atoms with Crippen LogP contribution in [0.4, 0.5) is 0 Å². The Balaban J connectivity index is 2.00. The summed E-state index contributed by atoms with van der Waals surface area (Å²) in [5.41, 5.74) is 12.3. The van der Waals surface area contributed by atoms with Crippen molar-refractivity contribution in [2.24, 2.45) is 10.7 Å². The van der Waals surface area contributed by atoms with Crippen molar-refractivity contribution in [2.45, 2.75) is 57.8 Å². The van der Waals surface area contributed by atoms with Crippen LogP contribution in [-0.2, 0) is 17.3 Å². The molecule has 3 rings (SSSR count). The van der Waals surface area contributed by atoms with Crippen molar-refractivity contribution in [2.75, 3.05) is 6.54 Å². The molecule has 0 heterocycles. The Morgan fingerprint density at radius 3 is 2.25 bits per heavy atom. The Morgan fingerprint density at radius 2 is 1.66 bits per heavy atom. The largest absolute Gasteiger partial charge is 0.478 e. The number of carboxylic acid groups (broad SMARTS) is 1. The summed E-state index contributed by atoms with van der Waals surface area (Å²) in [7, 11) is 0. The second-order valence-electron chi connectivity index (χ2n) is 9.82. The molecule has 4 heteroatoms. The average molecular weight is 431 g/mol. The van der Waals surface area contributed by atoms with Gasteiger partial charge in [0.05, 0.1) is 5.56 Å². The molecule has 3 N–H and O–H groups in total. The zero-order valence-electron chi connectivity index (χ0n) is 19.6. The molecule has 168 valence electrons. The predicted molar refractivity (Wildman–Crippen MR) is 134 cm³/mol. The molecule has 2 aromatic carbocycles. The Bertz CT molecular complexity index is 1060. The molecule has 1 aliphatic rings. The first-order valence-corrected chi connectivity index (χ1v) is 11.2. The molecule has 0 saturated heterocycles. The van der Waals surface area contributed by atoms with E-state index < -0.39 is 5.97 Å². The van der Waals surface area contributed by atoms with Gasteiger partial charge in [0.15, 0.2) is 0 Å². The van der Waals surface area contributed by atoms with E-state index >= 15 is 0 Å². The summed E-state index contributed by atoms with van der Waals surface area (Å²) in [6.07, 6.45) is 12.3. The minimum Gasteiger partial charge on any atom is -0.478 e. The van der Waals surface area contributed by atoms with E-state index in [0.717, 1.165) is 12.0 Å². The molecule has 0 aromatic heterocycles. The van der Waals surface area contributed by atoms with Crippen molar-refractivity contribution < 1.29 is 9.90 Å². The minimum absolute atomic E-state index is 0.138. The van der Waals surface area contributed by atoms with Crippen molar-refractivity contribution in [1.82, 2.24) is 0 Å². The fraction of sp³-hybridized carbons (Fsp3) is 0.357. The maximum atomic E-state index is 11.1. The molecule has 1 aliphatic carbocycles. The van der Waals surface area contributed by atoms with E-state index in [2.05, 4.69) is 57.0 Å². The van der Waals surface area contributed by atoms with E-state index in [1.54, 1.807) is 24.4 Å². The van der Waals surface area contributed by atoms with Gasteiger partial charge in [-0.05, 0) is 82.3 Å². The molecule has 0 radical (unpaired) electrons. The summed E-state index contributed by atoms with van der Waals surface area (Å²) in [5, 5.41) is 9.12. The summed E-state index contributed by atoms with van der Waals surface area (Å²) in [6, 6.07) is 11.7. The number of nitrogens with two attached hydrogens (primary N) is 1. The Morgan fingerprint density at radius 1 is 1.03 bits per heavy atom. The highest BCUT2D eigenvalue weighted by Gasteiger charge is 2.37. The molecule has 0 fully saturated rings. The van der Waals surface area contributed by atoms with Gasteiger partial charge >= 0.3 is 5.97 Å². The number of aromatic carboxylic acids is 1. The molecular formula is C28H34N2O2. The van der Waals surface area contributed by atoms with E-state index in [1.165, 1.54) is 41.3 Å². The number of fused-ring (bicyclic) bond motifs is 1. The number of carbonyl (C=O) groups is 1. The standard InChI is InChI=1S/C28H34N2O2/c1-27(2)13-14-28(3,4)25-19-23(12-17-30-16-5-15-29)22(18-24(25)27)11-8-20-6-9-21(10-7-20)26(31)32/h5-11,15-16,18-19H,12-14,17,29H2,1-4H3,(H,31,32)/b11-8+,15-5?,30-16?. The number of rotatable bonds is 7. The Hall–Kier alpha value is -3.14. The quantitative estimate of drug-likeness (QED) is 0.418. The van der Waals surface area contributed by atoms with Crippen LogP contribution in [0.2, 0.25) is 0 Å². The second kappa shape index (κ2) is 9.56. The molecule has 0 unspecified atom stereocenters. The van der Waals surface area contributed by atoms with Gasteiger partial charge in [-0.3, -0.25) is 4.99 Å². The summed E-state index contributed by atoms with van der Waals surface area (Å²) >= 11 is 0. The average Bonchev–Trinajstić information content (AvgIpc) is 2.75. The molecule has 0 bridgehead atoms. The molecule has 0 spiro atoms. The van der Waals surface area contributed by atoms with Gasteiger partial charge in [-0.15, -0.1) is 0 Å². The van der Waals surface area contributed by atoms with Gasteiger partial charge in [0, 0.05) is 12.8 Å². The highest BCUT2D eigenvalue weighted by molar-refractivity contribution is 5.88. The molecule has 0 amide bonds. The van der Waals surface area contributed by atoms with Gasteiger partial charge in [-0.2, -0.15) is 0 Å². The molecule has 2 aromatic rings. The smallest absolute Gasteiger partial charge is 0.335 e. The number of benzene rings is 2. The third kappa shape index (κ3) is 5.37. The number of nitrogens with zero attached hydrogens (tertiary/aromatic N) is 1. The van der Waals surface area contributed by atoms with Crippen LogP contribution >= 0.6 is 0 Å². The lowest BCUT2D eigenvalue weighted by atomic mass is 9.62. The second-order valence-corrected chi connectivity index (χ2v) is 9.82. The molecule has 0 atom stereocenters. The highest BCUT2D eigenvalue weighted by Crippen LogP contribution is 2.46.